The zero-order valence-electron chi connectivity index (χ0n) is 10.9. The van der Waals surface area contributed by atoms with Gasteiger partial charge in [0.1, 0.15) is 5.75 Å². The quantitative estimate of drug-likeness (QED) is 0.809. The number of benzene rings is 2. The first-order valence-electron chi connectivity index (χ1n) is 6.22. The molecule has 2 nitrogen and oxygen atoms in total. The van der Waals surface area contributed by atoms with E-state index < -0.39 is 0 Å². The van der Waals surface area contributed by atoms with Crippen molar-refractivity contribution >= 4 is 16.8 Å². The molecule has 0 amide bonds. The minimum atomic E-state index is 0.903. The fourth-order valence-corrected chi connectivity index (χ4v) is 1.92. The summed E-state index contributed by atoms with van der Waals surface area (Å²) in [4.78, 5) is 0. The predicted octanol–water partition coefficient (Wildman–Crippen LogP) is 3.47. The van der Waals surface area contributed by atoms with Crippen LogP contribution in [-0.2, 0) is 0 Å². The summed E-state index contributed by atoms with van der Waals surface area (Å²) in [5, 5.41) is 5.58. The van der Waals surface area contributed by atoms with Crippen molar-refractivity contribution in [3.05, 3.63) is 48.0 Å². The van der Waals surface area contributed by atoms with E-state index in [0.717, 1.165) is 18.7 Å². The molecule has 0 aliphatic carbocycles. The van der Waals surface area contributed by atoms with E-state index in [9.17, 15) is 0 Å². The van der Waals surface area contributed by atoms with Gasteiger partial charge in [-0.05, 0) is 54.5 Å². The third kappa shape index (κ3) is 3.11. The van der Waals surface area contributed by atoms with Crippen LogP contribution in [0.2, 0.25) is 0 Å². The molecule has 2 aromatic carbocycles. The molecule has 18 heavy (non-hydrogen) atoms. The molecule has 0 unspecified atom stereocenters. The van der Waals surface area contributed by atoms with Crippen LogP contribution in [0.5, 0.6) is 5.75 Å². The third-order valence-corrected chi connectivity index (χ3v) is 2.94. The Labute approximate surface area is 108 Å². The highest BCUT2D eigenvalue weighted by Crippen LogP contribution is 2.22. The van der Waals surface area contributed by atoms with Gasteiger partial charge in [0.25, 0.3) is 0 Å². The molecule has 0 bridgehead atoms. The van der Waals surface area contributed by atoms with Crippen LogP contribution in [0.25, 0.3) is 16.8 Å². The average molecular weight is 241 g/mol. The van der Waals surface area contributed by atoms with E-state index in [1.807, 2.05) is 13.1 Å². The topological polar surface area (TPSA) is 21.3 Å². The Hall–Kier alpha value is -1.80. The first-order valence-corrected chi connectivity index (χ1v) is 6.22. The molecule has 2 heteroatoms. The summed E-state index contributed by atoms with van der Waals surface area (Å²) in [6.45, 7) is 1.02. The van der Waals surface area contributed by atoms with Gasteiger partial charge in [-0.1, -0.05) is 30.4 Å². The molecule has 0 atom stereocenters. The third-order valence-electron chi connectivity index (χ3n) is 2.94. The maximum Gasteiger partial charge on any atom is 0.119 e. The van der Waals surface area contributed by atoms with Crippen molar-refractivity contribution in [2.45, 2.75) is 6.42 Å². The van der Waals surface area contributed by atoms with Crippen LogP contribution < -0.4 is 10.1 Å². The van der Waals surface area contributed by atoms with E-state index in [2.05, 4.69) is 47.8 Å². The number of ether oxygens (including phenoxy) is 1. The number of nitrogens with one attached hydrogen (secondary N) is 1. The lowest BCUT2D eigenvalue weighted by atomic mass is 10.1. The second kappa shape index (κ2) is 6.22. The highest BCUT2D eigenvalue weighted by atomic mass is 16.5. The Morgan fingerprint density at radius 3 is 2.67 bits per heavy atom. The maximum atomic E-state index is 5.22. The Kier molecular flexibility index (Phi) is 4.37. The van der Waals surface area contributed by atoms with Crippen LogP contribution >= 0.6 is 0 Å². The molecule has 2 aromatic rings. The molecule has 94 valence electrons. The van der Waals surface area contributed by atoms with Crippen molar-refractivity contribution in [3.8, 4) is 5.75 Å². The lowest BCUT2D eigenvalue weighted by Gasteiger charge is -2.03. The second-order valence-electron chi connectivity index (χ2n) is 4.27. The van der Waals surface area contributed by atoms with Crippen LogP contribution in [0, 0.1) is 0 Å². The molecule has 0 aliphatic rings. The average Bonchev–Trinajstić information content (AvgIpc) is 2.43. The van der Waals surface area contributed by atoms with Gasteiger partial charge in [0.05, 0.1) is 7.11 Å². The van der Waals surface area contributed by atoms with Crippen molar-refractivity contribution in [3.63, 3.8) is 0 Å². The van der Waals surface area contributed by atoms with Crippen molar-refractivity contribution in [1.29, 1.82) is 0 Å². The van der Waals surface area contributed by atoms with E-state index in [4.69, 9.17) is 4.74 Å². The summed E-state index contributed by atoms with van der Waals surface area (Å²) in [6.07, 6.45) is 5.42. The second-order valence-corrected chi connectivity index (χ2v) is 4.27. The maximum absolute atomic E-state index is 5.22. The highest BCUT2D eigenvalue weighted by molar-refractivity contribution is 5.86. The first-order chi connectivity index (χ1) is 8.83. The minimum absolute atomic E-state index is 0.903. The number of hydrogen-bond acceptors (Lipinski definition) is 2. The van der Waals surface area contributed by atoms with E-state index in [-0.39, 0.29) is 0 Å². The normalized spacial score (nSPS) is 11.2. The smallest absolute Gasteiger partial charge is 0.119 e. The number of hydrogen-bond donors (Lipinski definition) is 1. The zero-order chi connectivity index (χ0) is 12.8. The van der Waals surface area contributed by atoms with E-state index >= 15 is 0 Å². The van der Waals surface area contributed by atoms with Gasteiger partial charge < -0.3 is 10.1 Å². The molecule has 0 radical (unpaired) electrons. The van der Waals surface area contributed by atoms with Gasteiger partial charge in [-0.25, -0.2) is 0 Å². The van der Waals surface area contributed by atoms with E-state index in [1.54, 1.807) is 7.11 Å². The summed E-state index contributed by atoms with van der Waals surface area (Å²) in [6, 6.07) is 12.6. The molecule has 0 aromatic heterocycles. The van der Waals surface area contributed by atoms with Crippen LogP contribution in [0.15, 0.2) is 42.5 Å². The largest absolute Gasteiger partial charge is 0.497 e. The van der Waals surface area contributed by atoms with Crippen molar-refractivity contribution in [1.82, 2.24) is 5.32 Å². The summed E-state index contributed by atoms with van der Waals surface area (Å²) in [5.74, 6) is 0.903. The number of fused-ring (bicyclic) bond motifs is 1. The lowest BCUT2D eigenvalue weighted by Crippen LogP contribution is -2.05. The monoisotopic (exact) mass is 241 g/mol. The SMILES string of the molecule is CNCCC=Cc1ccc2cc(OC)ccc2c1. The van der Waals surface area contributed by atoms with Crippen molar-refractivity contribution < 1.29 is 4.74 Å². The molecule has 2 rings (SSSR count). The Balaban J connectivity index is 2.20. The van der Waals surface area contributed by atoms with Gasteiger partial charge in [-0.15, -0.1) is 0 Å². The van der Waals surface area contributed by atoms with Gasteiger partial charge in [-0.3, -0.25) is 0 Å². The first kappa shape index (κ1) is 12.7. The molecule has 0 fully saturated rings. The van der Waals surface area contributed by atoms with Crippen LogP contribution in [0.1, 0.15) is 12.0 Å². The minimum Gasteiger partial charge on any atom is -0.497 e. The van der Waals surface area contributed by atoms with Gasteiger partial charge in [0.15, 0.2) is 0 Å². The molecule has 1 N–H and O–H groups in total. The fraction of sp³-hybridized carbons (Fsp3) is 0.250. The Bertz CT molecular complexity index is 546. The zero-order valence-corrected chi connectivity index (χ0v) is 10.9. The molecular weight excluding hydrogens is 222 g/mol. The number of methoxy groups -OCH3 is 1. The Morgan fingerprint density at radius 2 is 1.89 bits per heavy atom. The predicted molar refractivity (Wildman–Crippen MR) is 78.1 cm³/mol. The molecule has 0 saturated carbocycles. The molecule has 0 saturated heterocycles. The van der Waals surface area contributed by atoms with E-state index in [0.29, 0.717) is 0 Å². The summed E-state index contributed by atoms with van der Waals surface area (Å²) < 4.78 is 5.22. The summed E-state index contributed by atoms with van der Waals surface area (Å²) >= 11 is 0. The standard InChI is InChI=1S/C16H19NO/c1-17-10-4-3-5-13-6-7-15-12-16(18-2)9-8-14(15)11-13/h3,5-9,11-12,17H,4,10H2,1-2H3. The highest BCUT2D eigenvalue weighted by Gasteiger charge is 1.96. The van der Waals surface area contributed by atoms with Crippen molar-refractivity contribution in [2.24, 2.45) is 0 Å². The van der Waals surface area contributed by atoms with Gasteiger partial charge in [-0.2, -0.15) is 0 Å². The molecule has 0 aliphatic heterocycles. The molecular formula is C16H19NO. The summed E-state index contributed by atoms with van der Waals surface area (Å²) in [5.41, 5.74) is 1.24. The van der Waals surface area contributed by atoms with Crippen LogP contribution in [0.3, 0.4) is 0 Å². The van der Waals surface area contributed by atoms with E-state index in [1.165, 1.54) is 16.3 Å². The van der Waals surface area contributed by atoms with Crippen molar-refractivity contribution in [2.75, 3.05) is 20.7 Å². The Morgan fingerprint density at radius 1 is 1.11 bits per heavy atom. The molecule has 0 heterocycles. The van der Waals surface area contributed by atoms with Crippen LogP contribution in [0.4, 0.5) is 0 Å². The van der Waals surface area contributed by atoms with Gasteiger partial charge in [0.2, 0.25) is 0 Å². The van der Waals surface area contributed by atoms with Gasteiger partial charge >= 0.3 is 0 Å². The fourth-order valence-electron chi connectivity index (χ4n) is 1.92. The van der Waals surface area contributed by atoms with Gasteiger partial charge in [0, 0.05) is 0 Å². The van der Waals surface area contributed by atoms with Crippen LogP contribution in [-0.4, -0.2) is 20.7 Å². The summed E-state index contributed by atoms with van der Waals surface area (Å²) in [7, 11) is 3.66. The number of rotatable bonds is 5. The lowest BCUT2D eigenvalue weighted by molar-refractivity contribution is 0.415. The molecule has 0 spiro atoms.